The van der Waals surface area contributed by atoms with Gasteiger partial charge in [-0.05, 0) is 152 Å². The third-order valence-corrected chi connectivity index (χ3v) is 14.8. The van der Waals surface area contributed by atoms with E-state index in [1.165, 1.54) is 68.9 Å². The second kappa shape index (κ2) is 12.9. The number of hydrogen-bond donors (Lipinski definition) is 3. The van der Waals surface area contributed by atoms with Crippen LogP contribution in [0, 0.1) is 50.7 Å². The van der Waals surface area contributed by atoms with Crippen LogP contribution in [0.2, 0.25) is 0 Å². The van der Waals surface area contributed by atoms with Gasteiger partial charge in [0.1, 0.15) is 0 Å². The van der Waals surface area contributed by atoms with E-state index in [9.17, 15) is 14.7 Å². The van der Waals surface area contributed by atoms with Crippen molar-refractivity contribution in [3.05, 3.63) is 54.1 Å². The first kappa shape index (κ1) is 34.9. The van der Waals surface area contributed by atoms with Crippen LogP contribution in [0.1, 0.15) is 135 Å². The predicted octanol–water partition coefficient (Wildman–Crippen LogP) is 9.88. The average molecular weight is 632 g/mol. The van der Waals surface area contributed by atoms with Crippen LogP contribution >= 0.6 is 0 Å². The average Bonchev–Trinajstić information content (AvgIpc) is 3.41. The lowest BCUT2D eigenvalue weighted by Crippen LogP contribution is -2.65. The van der Waals surface area contributed by atoms with Crippen molar-refractivity contribution in [1.29, 1.82) is 0 Å². The van der Waals surface area contributed by atoms with Gasteiger partial charge in [-0.15, -0.1) is 6.58 Å². The van der Waals surface area contributed by atoms with Crippen molar-refractivity contribution in [3.8, 4) is 0 Å². The molecule has 0 amide bonds. The highest BCUT2D eigenvalue weighted by Gasteiger charge is 2.69. The van der Waals surface area contributed by atoms with Gasteiger partial charge in [0.2, 0.25) is 0 Å². The first-order valence-electron chi connectivity index (χ1n) is 18.2. The fourth-order valence-corrected chi connectivity index (χ4v) is 12.6. The molecule has 0 aliphatic heterocycles. The minimum atomic E-state index is -0.865. The number of rotatable bonds is 8. The second-order valence-electron chi connectivity index (χ2n) is 17.0. The van der Waals surface area contributed by atoms with E-state index < -0.39 is 11.9 Å². The predicted molar refractivity (Wildman–Crippen MR) is 188 cm³/mol. The number of hydrogen-bond acceptors (Lipinski definition) is 3. The molecule has 1 aromatic carbocycles. The van der Waals surface area contributed by atoms with Crippen LogP contribution in [0.4, 0.5) is 0 Å². The topological polar surface area (TPSA) is 86.6 Å². The summed E-state index contributed by atoms with van der Waals surface area (Å²) >= 11 is 0. The lowest BCUT2D eigenvalue weighted by atomic mass is 9.32. The third-order valence-electron chi connectivity index (χ3n) is 14.8. The van der Waals surface area contributed by atoms with E-state index in [4.69, 9.17) is 5.11 Å². The maximum atomic E-state index is 11.5. The van der Waals surface area contributed by atoms with Crippen molar-refractivity contribution in [2.75, 3.05) is 13.1 Å². The zero-order chi connectivity index (χ0) is 33.5. The fraction of sp³-hybridized carbons (Fsp3) is 0.707. The van der Waals surface area contributed by atoms with E-state index in [0.717, 1.165) is 43.7 Å². The molecule has 5 heteroatoms. The molecule has 7 unspecified atom stereocenters. The van der Waals surface area contributed by atoms with Crippen molar-refractivity contribution in [3.63, 3.8) is 0 Å². The van der Waals surface area contributed by atoms with Crippen molar-refractivity contribution in [2.45, 2.75) is 119 Å². The molecule has 5 aliphatic rings. The van der Waals surface area contributed by atoms with Gasteiger partial charge in [0.05, 0.1) is 5.56 Å². The number of carboxylic acid groups (broad SMARTS) is 2. The van der Waals surface area contributed by atoms with Gasteiger partial charge in [-0.2, -0.15) is 0 Å². The molecule has 6 rings (SSSR count). The second-order valence-corrected chi connectivity index (χ2v) is 17.0. The Morgan fingerprint density at radius 2 is 1.59 bits per heavy atom. The van der Waals surface area contributed by atoms with Crippen molar-refractivity contribution in [2.24, 2.45) is 50.7 Å². The van der Waals surface area contributed by atoms with Crippen LogP contribution in [0.3, 0.4) is 0 Å². The molecule has 4 fully saturated rings. The summed E-state index contributed by atoms with van der Waals surface area (Å²) in [6, 6.07) is 7.58. The Labute approximate surface area is 278 Å². The molecule has 254 valence electrons. The Morgan fingerprint density at radius 1 is 0.891 bits per heavy atom. The highest BCUT2D eigenvalue weighted by atomic mass is 16.4. The lowest BCUT2D eigenvalue weighted by molar-refractivity contribution is -0.222. The summed E-state index contributed by atoms with van der Waals surface area (Å²) in [7, 11) is 0. The smallest absolute Gasteiger partial charge is 0.335 e. The Morgan fingerprint density at radius 3 is 2.24 bits per heavy atom. The molecule has 4 saturated carbocycles. The SMILES string of the molecule is C=CC.CC1(C)C(c2ccc(C(=O)O)cc2)=CCC2(C)C1CCC1(C)C2CCC2C3CCCC3(CNCCCC(=O)O)CC[C@]21C. The minimum absolute atomic E-state index is 0.0380. The first-order chi connectivity index (χ1) is 21.7. The van der Waals surface area contributed by atoms with Crippen molar-refractivity contribution in [1.82, 2.24) is 5.32 Å². The van der Waals surface area contributed by atoms with Gasteiger partial charge in [0, 0.05) is 13.0 Å². The number of aliphatic carboxylic acids is 1. The molecule has 0 heterocycles. The summed E-state index contributed by atoms with van der Waals surface area (Å²) in [5, 5.41) is 22.2. The standard InChI is InChI=1S/C38H55NO4.C3H6/c1-34(2)27(25-10-12-26(13-11-25)33(42)43)16-19-35(3)30(34)17-20-37(5)31(35)15-14-28-29-8-6-18-38(29,22-21-36(28,37)4)24-39-23-7-9-32(40)41;1-3-2/h10-13,16,28-31,39H,6-9,14-15,17-24H2,1-5H3,(H,40,41)(H,42,43);3H,1H2,2H3/t28?,29?,30?,31?,35?,36-,37?,38?;/m1./s1. The van der Waals surface area contributed by atoms with Crippen molar-refractivity contribution < 1.29 is 19.8 Å². The molecular formula is C41H61NO4. The summed E-state index contributed by atoms with van der Waals surface area (Å²) in [5.41, 5.74) is 4.36. The first-order valence-corrected chi connectivity index (χ1v) is 18.2. The molecule has 0 aromatic heterocycles. The van der Waals surface area contributed by atoms with Crippen molar-refractivity contribution >= 4 is 17.5 Å². The number of fused-ring (bicyclic) bond motifs is 7. The van der Waals surface area contributed by atoms with Crippen LogP contribution in [-0.2, 0) is 4.79 Å². The normalized spacial score (nSPS) is 38.9. The van der Waals surface area contributed by atoms with E-state index in [-0.39, 0.29) is 17.3 Å². The highest BCUT2D eigenvalue weighted by molar-refractivity contribution is 5.88. The number of carboxylic acids is 2. The molecule has 5 nitrogen and oxygen atoms in total. The van der Waals surface area contributed by atoms with Crippen LogP contribution in [0.25, 0.3) is 5.57 Å². The number of allylic oxidation sites excluding steroid dienone is 3. The van der Waals surface area contributed by atoms with E-state index >= 15 is 0 Å². The Hall–Kier alpha value is -2.40. The number of aromatic carboxylic acids is 1. The molecular weight excluding hydrogens is 570 g/mol. The monoisotopic (exact) mass is 631 g/mol. The molecule has 5 aliphatic carbocycles. The van der Waals surface area contributed by atoms with Gasteiger partial charge in [-0.3, -0.25) is 4.79 Å². The van der Waals surface area contributed by atoms with Crippen LogP contribution in [-0.4, -0.2) is 35.2 Å². The van der Waals surface area contributed by atoms with Gasteiger partial charge in [-0.25, -0.2) is 4.79 Å². The number of carbonyl (C=O) groups is 2. The highest BCUT2D eigenvalue weighted by Crippen LogP contribution is 2.77. The zero-order valence-corrected chi connectivity index (χ0v) is 29.6. The summed E-state index contributed by atoms with van der Waals surface area (Å²) in [6.45, 7) is 20.1. The third kappa shape index (κ3) is 5.61. The molecule has 1 aromatic rings. The van der Waals surface area contributed by atoms with Gasteiger partial charge >= 0.3 is 11.9 Å². The summed E-state index contributed by atoms with van der Waals surface area (Å²) < 4.78 is 0. The van der Waals surface area contributed by atoms with Crippen LogP contribution in [0.15, 0.2) is 43.0 Å². The Kier molecular flexibility index (Phi) is 9.79. The zero-order valence-electron chi connectivity index (χ0n) is 29.6. The van der Waals surface area contributed by atoms with E-state index in [2.05, 4.69) is 52.6 Å². The van der Waals surface area contributed by atoms with Crippen LogP contribution in [0.5, 0.6) is 0 Å². The molecule has 8 atom stereocenters. The maximum absolute atomic E-state index is 11.5. The van der Waals surface area contributed by atoms with Gasteiger partial charge in [0.15, 0.2) is 0 Å². The van der Waals surface area contributed by atoms with Crippen LogP contribution < -0.4 is 5.32 Å². The molecule has 46 heavy (non-hydrogen) atoms. The molecule has 0 saturated heterocycles. The Bertz CT molecular complexity index is 1330. The van der Waals surface area contributed by atoms with Gasteiger partial charge < -0.3 is 15.5 Å². The number of benzene rings is 1. The van der Waals surface area contributed by atoms with E-state index in [1.54, 1.807) is 18.2 Å². The fourth-order valence-electron chi connectivity index (χ4n) is 12.6. The number of nitrogens with one attached hydrogen (secondary N) is 1. The quantitative estimate of drug-likeness (QED) is 0.196. The molecule has 0 bridgehead atoms. The lowest BCUT2D eigenvalue weighted by Gasteiger charge is -2.72. The summed E-state index contributed by atoms with van der Waals surface area (Å²) in [4.78, 5) is 22.5. The summed E-state index contributed by atoms with van der Waals surface area (Å²) in [5.74, 6) is 1.36. The van der Waals surface area contributed by atoms with Gasteiger partial charge in [0.25, 0.3) is 0 Å². The molecule has 3 N–H and O–H groups in total. The molecule has 0 radical (unpaired) electrons. The molecule has 0 spiro atoms. The van der Waals surface area contributed by atoms with E-state index in [0.29, 0.717) is 27.7 Å². The van der Waals surface area contributed by atoms with Gasteiger partial charge in [-0.1, -0.05) is 65.3 Å². The summed E-state index contributed by atoms with van der Waals surface area (Å²) in [6.07, 6.45) is 18.4. The minimum Gasteiger partial charge on any atom is -0.481 e. The van der Waals surface area contributed by atoms with E-state index in [1.807, 2.05) is 19.1 Å². The largest absolute Gasteiger partial charge is 0.481 e. The maximum Gasteiger partial charge on any atom is 0.335 e. The Balaban J connectivity index is 0.00000134.